The third-order valence-corrected chi connectivity index (χ3v) is 4.40. The molecule has 0 aliphatic rings. The van der Waals surface area contributed by atoms with Gasteiger partial charge in [-0.3, -0.25) is 5.10 Å². The van der Waals surface area contributed by atoms with E-state index in [4.69, 9.17) is 10.5 Å². The molecule has 1 unspecified atom stereocenters. The smallest absolute Gasteiger partial charge is 0.241 e. The van der Waals surface area contributed by atoms with Gasteiger partial charge in [-0.15, -0.1) is 0 Å². The van der Waals surface area contributed by atoms with Gasteiger partial charge in [-0.1, -0.05) is 0 Å². The molecule has 2 rings (SSSR count). The fraction of sp³-hybridized carbons (Fsp3) is 0.250. The first-order chi connectivity index (χ1) is 9.44. The number of nitrogen functional groups attached to an aromatic ring is 1. The van der Waals surface area contributed by atoms with E-state index in [0.29, 0.717) is 5.75 Å². The van der Waals surface area contributed by atoms with Gasteiger partial charge in [0, 0.05) is 17.8 Å². The van der Waals surface area contributed by atoms with Crippen LogP contribution in [0.2, 0.25) is 0 Å². The number of hydrogen-bond acceptors (Lipinski definition) is 5. The van der Waals surface area contributed by atoms with Crippen molar-refractivity contribution >= 4 is 15.7 Å². The van der Waals surface area contributed by atoms with Crippen molar-refractivity contribution in [2.75, 3.05) is 12.8 Å². The predicted molar refractivity (Wildman–Crippen MR) is 74.7 cm³/mol. The Hall–Kier alpha value is -2.06. The molecule has 1 aromatic heterocycles. The van der Waals surface area contributed by atoms with E-state index in [0.717, 1.165) is 5.56 Å². The third kappa shape index (κ3) is 2.91. The summed E-state index contributed by atoms with van der Waals surface area (Å²) < 4.78 is 32.1. The van der Waals surface area contributed by atoms with Gasteiger partial charge in [-0.25, -0.2) is 13.1 Å². The van der Waals surface area contributed by atoms with E-state index in [9.17, 15) is 8.42 Å². The predicted octanol–water partition coefficient (Wildman–Crippen LogP) is 1.04. The summed E-state index contributed by atoms with van der Waals surface area (Å²) in [5.74, 6) is 0.437. The minimum Gasteiger partial charge on any atom is -0.495 e. The van der Waals surface area contributed by atoms with Crippen molar-refractivity contribution in [2.24, 2.45) is 0 Å². The normalized spacial score (nSPS) is 13.1. The lowest BCUT2D eigenvalue weighted by Crippen LogP contribution is -2.26. The summed E-state index contributed by atoms with van der Waals surface area (Å²) in [5, 5.41) is 6.43. The fourth-order valence-corrected chi connectivity index (χ4v) is 3.01. The molecule has 0 aliphatic heterocycles. The largest absolute Gasteiger partial charge is 0.495 e. The molecule has 7 nitrogen and oxygen atoms in total. The number of ether oxygens (including phenoxy) is 1. The third-order valence-electron chi connectivity index (χ3n) is 2.86. The van der Waals surface area contributed by atoms with Gasteiger partial charge in [-0.05, 0) is 25.1 Å². The molecule has 0 saturated carbocycles. The van der Waals surface area contributed by atoms with Gasteiger partial charge in [0.2, 0.25) is 10.0 Å². The Labute approximate surface area is 117 Å². The Morgan fingerprint density at radius 2 is 2.20 bits per heavy atom. The van der Waals surface area contributed by atoms with Crippen LogP contribution in [-0.4, -0.2) is 25.7 Å². The van der Waals surface area contributed by atoms with Crippen LogP contribution in [-0.2, 0) is 10.0 Å². The van der Waals surface area contributed by atoms with E-state index in [1.807, 2.05) is 0 Å². The molecule has 0 bridgehead atoms. The molecule has 1 heterocycles. The minimum atomic E-state index is -3.66. The molecule has 1 atom stereocenters. The van der Waals surface area contributed by atoms with E-state index >= 15 is 0 Å². The summed E-state index contributed by atoms with van der Waals surface area (Å²) in [6, 6.07) is 3.93. The number of nitrogens with zero attached hydrogens (tertiary/aromatic N) is 1. The molecule has 0 fully saturated rings. The molecule has 2 aromatic rings. The quantitative estimate of drug-likeness (QED) is 0.714. The van der Waals surface area contributed by atoms with Gasteiger partial charge >= 0.3 is 0 Å². The van der Waals surface area contributed by atoms with Gasteiger partial charge in [0.05, 0.1) is 23.9 Å². The van der Waals surface area contributed by atoms with E-state index in [-0.39, 0.29) is 10.6 Å². The van der Waals surface area contributed by atoms with Crippen molar-refractivity contribution < 1.29 is 13.2 Å². The topological polar surface area (TPSA) is 110 Å². The van der Waals surface area contributed by atoms with Crippen molar-refractivity contribution in [1.82, 2.24) is 14.9 Å². The molecular weight excluding hydrogens is 280 g/mol. The second kappa shape index (κ2) is 5.51. The Balaban J connectivity index is 2.24. The summed E-state index contributed by atoms with van der Waals surface area (Å²) in [6.07, 6.45) is 3.20. The van der Waals surface area contributed by atoms with E-state index in [1.165, 1.54) is 25.3 Å². The first kappa shape index (κ1) is 14.4. The lowest BCUT2D eigenvalue weighted by atomic mass is 10.2. The number of H-pyrrole nitrogens is 1. The van der Waals surface area contributed by atoms with Crippen LogP contribution >= 0.6 is 0 Å². The summed E-state index contributed by atoms with van der Waals surface area (Å²) >= 11 is 0. The lowest BCUT2D eigenvalue weighted by molar-refractivity contribution is 0.416. The first-order valence-electron chi connectivity index (χ1n) is 5.88. The van der Waals surface area contributed by atoms with Gasteiger partial charge in [0.25, 0.3) is 0 Å². The number of nitrogens with one attached hydrogen (secondary N) is 2. The number of aromatic nitrogens is 2. The number of nitrogens with two attached hydrogens (primary N) is 1. The van der Waals surface area contributed by atoms with Crippen LogP contribution in [0.4, 0.5) is 5.69 Å². The maximum Gasteiger partial charge on any atom is 0.241 e. The highest BCUT2D eigenvalue weighted by Gasteiger charge is 2.19. The number of sulfonamides is 1. The maximum atomic E-state index is 12.3. The number of benzene rings is 1. The average molecular weight is 296 g/mol. The SMILES string of the molecule is COc1ccc(S(=O)(=O)NC(C)c2cn[nH]c2)cc1N. The molecule has 4 N–H and O–H groups in total. The van der Waals surface area contributed by atoms with Gasteiger partial charge in [0.1, 0.15) is 5.75 Å². The van der Waals surface area contributed by atoms with Crippen LogP contribution < -0.4 is 15.2 Å². The molecule has 0 amide bonds. The molecule has 0 saturated heterocycles. The molecule has 0 radical (unpaired) electrons. The Morgan fingerprint density at radius 1 is 1.45 bits per heavy atom. The van der Waals surface area contributed by atoms with Crippen LogP contribution in [0.15, 0.2) is 35.5 Å². The Morgan fingerprint density at radius 3 is 2.75 bits per heavy atom. The van der Waals surface area contributed by atoms with E-state index in [2.05, 4.69) is 14.9 Å². The van der Waals surface area contributed by atoms with E-state index < -0.39 is 16.1 Å². The van der Waals surface area contributed by atoms with Crippen LogP contribution in [0.1, 0.15) is 18.5 Å². The molecule has 0 aliphatic carbocycles. The highest BCUT2D eigenvalue weighted by atomic mass is 32.2. The van der Waals surface area contributed by atoms with Crippen molar-refractivity contribution in [3.8, 4) is 5.75 Å². The van der Waals surface area contributed by atoms with Gasteiger partial charge in [-0.2, -0.15) is 5.10 Å². The zero-order valence-corrected chi connectivity index (χ0v) is 11.9. The summed E-state index contributed by atoms with van der Waals surface area (Å²) in [5.41, 5.74) is 6.74. The Bertz CT molecular complexity index is 683. The first-order valence-corrected chi connectivity index (χ1v) is 7.37. The number of methoxy groups -OCH3 is 1. The zero-order chi connectivity index (χ0) is 14.8. The second-order valence-electron chi connectivity index (χ2n) is 4.28. The monoisotopic (exact) mass is 296 g/mol. The van der Waals surface area contributed by atoms with Crippen molar-refractivity contribution in [3.63, 3.8) is 0 Å². The van der Waals surface area contributed by atoms with Gasteiger partial charge < -0.3 is 10.5 Å². The fourth-order valence-electron chi connectivity index (χ4n) is 1.75. The number of aromatic amines is 1. The van der Waals surface area contributed by atoms with Crippen LogP contribution in [0.25, 0.3) is 0 Å². The molecule has 1 aromatic carbocycles. The number of anilines is 1. The van der Waals surface area contributed by atoms with Crippen molar-refractivity contribution in [2.45, 2.75) is 17.9 Å². The summed E-state index contributed by atoms with van der Waals surface area (Å²) in [4.78, 5) is 0.0890. The number of hydrogen-bond donors (Lipinski definition) is 3. The maximum absolute atomic E-state index is 12.3. The summed E-state index contributed by atoms with van der Waals surface area (Å²) in [7, 11) is -2.19. The minimum absolute atomic E-state index is 0.0890. The zero-order valence-electron chi connectivity index (χ0n) is 11.1. The molecule has 8 heteroatoms. The van der Waals surface area contributed by atoms with Gasteiger partial charge in [0.15, 0.2) is 0 Å². The Kier molecular flexibility index (Phi) is 3.96. The number of rotatable bonds is 5. The van der Waals surface area contributed by atoms with Crippen LogP contribution in [0.5, 0.6) is 5.75 Å². The van der Waals surface area contributed by atoms with Crippen LogP contribution in [0, 0.1) is 0 Å². The van der Waals surface area contributed by atoms with E-state index in [1.54, 1.807) is 19.3 Å². The molecular formula is C12H16N4O3S. The van der Waals surface area contributed by atoms with Crippen LogP contribution in [0.3, 0.4) is 0 Å². The molecule has 20 heavy (non-hydrogen) atoms. The van der Waals surface area contributed by atoms with Crippen molar-refractivity contribution in [1.29, 1.82) is 0 Å². The molecule has 108 valence electrons. The second-order valence-corrected chi connectivity index (χ2v) is 5.99. The average Bonchev–Trinajstić information content (AvgIpc) is 2.92. The lowest BCUT2D eigenvalue weighted by Gasteiger charge is -2.13. The molecule has 0 spiro atoms. The standard InChI is InChI=1S/C12H16N4O3S/c1-8(9-6-14-15-7-9)16-20(17,18)10-3-4-12(19-2)11(13)5-10/h3-8,16H,13H2,1-2H3,(H,14,15). The van der Waals surface area contributed by atoms with Crippen molar-refractivity contribution in [3.05, 3.63) is 36.2 Å². The summed E-state index contributed by atoms with van der Waals surface area (Å²) in [6.45, 7) is 1.73. The highest BCUT2D eigenvalue weighted by Crippen LogP contribution is 2.25. The highest BCUT2D eigenvalue weighted by molar-refractivity contribution is 7.89.